The van der Waals surface area contributed by atoms with E-state index in [4.69, 9.17) is 26.2 Å². The molecule has 1 N–H and O–H groups in total. The van der Waals surface area contributed by atoms with Crippen LogP contribution in [0, 0.1) is 6.92 Å². The Labute approximate surface area is 206 Å². The van der Waals surface area contributed by atoms with Crippen LogP contribution in [0.3, 0.4) is 0 Å². The number of carbonyl (C=O) groups is 1. The van der Waals surface area contributed by atoms with E-state index in [0.29, 0.717) is 35.5 Å². The number of methoxy groups -OCH3 is 1. The van der Waals surface area contributed by atoms with Gasteiger partial charge in [0, 0.05) is 17.1 Å². The number of hydrogen-bond acceptors (Lipinski definition) is 4. The second-order valence-corrected chi connectivity index (χ2v) is 9.55. The van der Waals surface area contributed by atoms with Crippen LogP contribution in [-0.2, 0) is 6.54 Å². The first-order valence-electron chi connectivity index (χ1n) is 11.3. The Morgan fingerprint density at radius 3 is 2.35 bits per heavy atom. The largest absolute Gasteiger partial charge is 0.493 e. The highest BCUT2D eigenvalue weighted by atomic mass is 35.5. The van der Waals surface area contributed by atoms with Gasteiger partial charge in [0.1, 0.15) is 0 Å². The normalized spacial score (nSPS) is 11.3. The third-order valence-electron chi connectivity index (χ3n) is 5.10. The zero-order valence-electron chi connectivity index (χ0n) is 20.7. The Morgan fingerprint density at radius 2 is 1.76 bits per heavy atom. The fourth-order valence-electron chi connectivity index (χ4n) is 3.50. The van der Waals surface area contributed by atoms with E-state index in [1.54, 1.807) is 28.8 Å². The van der Waals surface area contributed by atoms with E-state index in [9.17, 15) is 4.79 Å². The molecule has 0 saturated carbocycles. The van der Waals surface area contributed by atoms with Crippen molar-refractivity contribution in [2.24, 2.45) is 0 Å². The topological polar surface area (TPSA) is 68.6 Å². The number of urea groups is 1. The number of carbonyl (C=O) groups excluding carboxylic acids is 1. The number of amides is 2. The molecule has 2 amide bonds. The summed E-state index contributed by atoms with van der Waals surface area (Å²) in [6, 6.07) is 14.7. The van der Waals surface area contributed by atoms with Crippen LogP contribution in [0.1, 0.15) is 45.4 Å². The van der Waals surface area contributed by atoms with Crippen molar-refractivity contribution in [2.45, 2.75) is 53.1 Å². The van der Waals surface area contributed by atoms with Gasteiger partial charge in [0.25, 0.3) is 0 Å². The van der Waals surface area contributed by atoms with Crippen molar-refractivity contribution in [3.05, 3.63) is 64.8 Å². The quantitative estimate of drug-likeness (QED) is 0.404. The maximum atomic E-state index is 13.1. The second kappa shape index (κ2) is 10.8. The lowest BCUT2D eigenvalue weighted by Crippen LogP contribution is -2.48. The molecule has 7 nitrogen and oxygen atoms in total. The predicted molar refractivity (Wildman–Crippen MR) is 135 cm³/mol. The molecule has 0 saturated heterocycles. The lowest BCUT2D eigenvalue weighted by Gasteiger charge is -2.28. The second-order valence-electron chi connectivity index (χ2n) is 9.11. The summed E-state index contributed by atoms with van der Waals surface area (Å²) in [5.74, 6) is 1.68. The molecule has 182 valence electrons. The summed E-state index contributed by atoms with van der Waals surface area (Å²) in [4.78, 5) is 14.8. The molecule has 1 aromatic heterocycles. The van der Waals surface area contributed by atoms with Gasteiger partial charge in [-0.25, -0.2) is 9.48 Å². The van der Waals surface area contributed by atoms with Gasteiger partial charge in [-0.1, -0.05) is 30.7 Å². The van der Waals surface area contributed by atoms with Crippen LogP contribution in [0.4, 0.5) is 4.79 Å². The SMILES string of the molecule is CCCN(Cc1c(C)nn(-c2ccc(Cl)cc2)c1Oc1ccccc1OC)C(=O)NC(C)(C)C. The molecule has 0 fully saturated rings. The number of aryl methyl sites for hydroxylation is 1. The maximum absolute atomic E-state index is 13.1. The van der Waals surface area contributed by atoms with E-state index in [1.807, 2.05) is 71.0 Å². The molecular formula is C26H33ClN4O3. The standard InChI is InChI=1S/C26H33ClN4O3/c1-7-16-30(25(32)28-26(3,4)5)17-21-18(2)29-31(20-14-12-19(27)13-15-20)24(21)34-23-11-9-8-10-22(23)33-6/h8-15H,7,16-17H2,1-6H3,(H,28,32). The van der Waals surface area contributed by atoms with E-state index in [0.717, 1.165) is 23.4 Å². The van der Waals surface area contributed by atoms with Crippen LogP contribution in [0.25, 0.3) is 5.69 Å². The summed E-state index contributed by atoms with van der Waals surface area (Å²) < 4.78 is 13.6. The smallest absolute Gasteiger partial charge is 0.318 e. The van der Waals surface area contributed by atoms with E-state index >= 15 is 0 Å². The van der Waals surface area contributed by atoms with Gasteiger partial charge in [-0.3, -0.25) is 0 Å². The molecule has 0 unspecified atom stereocenters. The van der Waals surface area contributed by atoms with Crippen molar-refractivity contribution >= 4 is 17.6 Å². The van der Waals surface area contributed by atoms with E-state index in [-0.39, 0.29) is 11.6 Å². The molecule has 34 heavy (non-hydrogen) atoms. The number of para-hydroxylation sites is 2. The lowest BCUT2D eigenvalue weighted by molar-refractivity contribution is 0.185. The molecule has 0 aliphatic carbocycles. The van der Waals surface area contributed by atoms with Gasteiger partial charge >= 0.3 is 6.03 Å². The average molecular weight is 485 g/mol. The Kier molecular flexibility index (Phi) is 8.10. The minimum atomic E-state index is -0.345. The summed E-state index contributed by atoms with van der Waals surface area (Å²) in [6.45, 7) is 10.8. The van der Waals surface area contributed by atoms with Gasteiger partial charge in [-0.05, 0) is 70.5 Å². The monoisotopic (exact) mass is 484 g/mol. The lowest BCUT2D eigenvalue weighted by atomic mass is 10.1. The number of ether oxygens (including phenoxy) is 2. The Bertz CT molecular complexity index is 1120. The fraction of sp³-hybridized carbons (Fsp3) is 0.385. The number of hydrogen-bond donors (Lipinski definition) is 1. The van der Waals surface area contributed by atoms with Crippen molar-refractivity contribution in [2.75, 3.05) is 13.7 Å². The predicted octanol–water partition coefficient (Wildman–Crippen LogP) is 6.36. The van der Waals surface area contributed by atoms with Gasteiger partial charge in [-0.2, -0.15) is 5.10 Å². The first-order chi connectivity index (χ1) is 16.1. The van der Waals surface area contributed by atoms with Crippen molar-refractivity contribution in [1.82, 2.24) is 20.0 Å². The third kappa shape index (κ3) is 6.23. The number of nitrogens with one attached hydrogen (secondary N) is 1. The minimum Gasteiger partial charge on any atom is -0.493 e. The first kappa shape index (κ1) is 25.4. The summed E-state index contributed by atoms with van der Waals surface area (Å²) in [6.07, 6.45) is 0.824. The molecule has 0 aliphatic heterocycles. The van der Waals surface area contributed by atoms with Crippen LogP contribution in [-0.4, -0.2) is 39.9 Å². The number of nitrogens with zero attached hydrogens (tertiary/aromatic N) is 3. The Balaban J connectivity index is 2.08. The molecule has 3 aromatic rings. The Morgan fingerprint density at radius 1 is 1.12 bits per heavy atom. The third-order valence-corrected chi connectivity index (χ3v) is 5.35. The first-order valence-corrected chi connectivity index (χ1v) is 11.7. The summed E-state index contributed by atoms with van der Waals surface area (Å²) >= 11 is 6.11. The number of aromatic nitrogens is 2. The van der Waals surface area contributed by atoms with Crippen LogP contribution in [0.15, 0.2) is 48.5 Å². The number of halogens is 1. The van der Waals surface area contributed by atoms with Crippen molar-refractivity contribution < 1.29 is 14.3 Å². The molecular weight excluding hydrogens is 452 g/mol. The average Bonchev–Trinajstić information content (AvgIpc) is 3.08. The molecule has 3 rings (SSSR count). The number of rotatable bonds is 8. The zero-order chi connectivity index (χ0) is 24.9. The van der Waals surface area contributed by atoms with Gasteiger partial charge in [0.2, 0.25) is 5.88 Å². The van der Waals surface area contributed by atoms with Crippen LogP contribution in [0.2, 0.25) is 5.02 Å². The van der Waals surface area contributed by atoms with Gasteiger partial charge in [0.05, 0.1) is 30.6 Å². The summed E-state index contributed by atoms with van der Waals surface area (Å²) in [7, 11) is 1.60. The van der Waals surface area contributed by atoms with Gasteiger partial charge in [-0.15, -0.1) is 0 Å². The zero-order valence-corrected chi connectivity index (χ0v) is 21.4. The molecule has 0 spiro atoms. The van der Waals surface area contributed by atoms with Crippen molar-refractivity contribution in [3.63, 3.8) is 0 Å². The van der Waals surface area contributed by atoms with Crippen LogP contribution < -0.4 is 14.8 Å². The maximum Gasteiger partial charge on any atom is 0.318 e. The van der Waals surface area contributed by atoms with Gasteiger partial charge < -0.3 is 19.7 Å². The van der Waals surface area contributed by atoms with Crippen LogP contribution in [0.5, 0.6) is 17.4 Å². The highest BCUT2D eigenvalue weighted by Crippen LogP contribution is 2.36. The molecule has 0 bridgehead atoms. The Hall–Kier alpha value is -3.19. The molecule has 0 aliphatic rings. The molecule has 8 heteroatoms. The summed E-state index contributed by atoms with van der Waals surface area (Å²) in [5, 5.41) is 8.45. The van der Waals surface area contributed by atoms with E-state index < -0.39 is 0 Å². The highest BCUT2D eigenvalue weighted by Gasteiger charge is 2.25. The molecule has 1 heterocycles. The van der Waals surface area contributed by atoms with Gasteiger partial charge in [0.15, 0.2) is 11.5 Å². The molecule has 0 radical (unpaired) electrons. The fourth-order valence-corrected chi connectivity index (χ4v) is 3.63. The molecule has 0 atom stereocenters. The van der Waals surface area contributed by atoms with Crippen molar-refractivity contribution in [1.29, 1.82) is 0 Å². The summed E-state index contributed by atoms with van der Waals surface area (Å²) in [5.41, 5.74) is 2.04. The van der Waals surface area contributed by atoms with Crippen LogP contribution >= 0.6 is 11.6 Å². The van der Waals surface area contributed by atoms with E-state index in [2.05, 4.69) is 5.32 Å². The molecule has 2 aromatic carbocycles. The minimum absolute atomic E-state index is 0.128. The highest BCUT2D eigenvalue weighted by molar-refractivity contribution is 6.30. The number of benzene rings is 2. The van der Waals surface area contributed by atoms with E-state index in [1.165, 1.54) is 0 Å². The van der Waals surface area contributed by atoms with Crippen molar-refractivity contribution in [3.8, 4) is 23.1 Å².